The van der Waals surface area contributed by atoms with Gasteiger partial charge in [-0.05, 0) is 63.6 Å². The summed E-state index contributed by atoms with van der Waals surface area (Å²) in [7, 11) is 0. The van der Waals surface area contributed by atoms with Gasteiger partial charge in [-0.25, -0.2) is 9.59 Å². The molecular weight excluding hydrogens is 534 g/mol. The standard InChI is InChI=1S/C30H47NO10/c1-8-11-20(5)38-29(35)40-25-14-13-23(17-26(25)41-30(36)39-21(6)12-9-2)16-24(28(33)34)31-18-22(7)37-27(32)15-19(4)10-3/h13-14,17,19-22,24,31H,8-12,15-16,18H2,1-7H3,(H,33,34)/t19?,20?,21?,22?,24-/m0/s1. The topological polar surface area (TPSA) is 147 Å². The van der Waals surface area contributed by atoms with Gasteiger partial charge in [-0.1, -0.05) is 53.0 Å². The smallest absolute Gasteiger partial charge is 0.480 e. The van der Waals surface area contributed by atoms with Crippen LogP contribution in [0.25, 0.3) is 0 Å². The number of esters is 1. The number of rotatable bonds is 18. The second-order valence-corrected chi connectivity index (χ2v) is 10.4. The fraction of sp³-hybridized carbons (Fsp3) is 0.667. The maximum atomic E-state index is 12.4. The second-order valence-electron chi connectivity index (χ2n) is 10.4. The quantitative estimate of drug-likeness (QED) is 0.119. The normalized spacial score (nSPS) is 14.6. The Hall–Kier alpha value is -3.34. The first-order valence-corrected chi connectivity index (χ1v) is 14.4. The Kier molecular flexibility index (Phi) is 16.5. The molecule has 232 valence electrons. The summed E-state index contributed by atoms with van der Waals surface area (Å²) in [4.78, 5) is 48.8. The number of hydrogen-bond donors (Lipinski definition) is 2. The van der Waals surface area contributed by atoms with Crippen LogP contribution in [0.4, 0.5) is 9.59 Å². The molecule has 11 heteroatoms. The third-order valence-electron chi connectivity index (χ3n) is 6.31. The van der Waals surface area contributed by atoms with Crippen molar-refractivity contribution in [2.45, 2.75) is 118 Å². The zero-order valence-electron chi connectivity index (χ0n) is 25.4. The van der Waals surface area contributed by atoms with Crippen LogP contribution in [0.1, 0.15) is 92.6 Å². The van der Waals surface area contributed by atoms with Gasteiger partial charge >= 0.3 is 24.2 Å². The van der Waals surface area contributed by atoms with E-state index in [0.717, 1.165) is 19.3 Å². The minimum atomic E-state index is -1.12. The molecule has 5 atom stereocenters. The van der Waals surface area contributed by atoms with Crippen LogP contribution in [-0.2, 0) is 30.2 Å². The Bertz CT molecular complexity index is 982. The summed E-state index contributed by atoms with van der Waals surface area (Å²) < 4.78 is 26.5. The molecule has 41 heavy (non-hydrogen) atoms. The summed E-state index contributed by atoms with van der Waals surface area (Å²) in [5, 5.41) is 12.7. The largest absolute Gasteiger partial charge is 0.514 e. The Balaban J connectivity index is 3.02. The highest BCUT2D eigenvalue weighted by Crippen LogP contribution is 2.30. The first kappa shape index (κ1) is 35.7. The minimum Gasteiger partial charge on any atom is -0.480 e. The third kappa shape index (κ3) is 14.7. The van der Waals surface area contributed by atoms with Gasteiger partial charge in [0.25, 0.3) is 0 Å². The molecule has 4 unspecified atom stereocenters. The van der Waals surface area contributed by atoms with Crippen molar-refractivity contribution in [3.63, 3.8) is 0 Å². The molecule has 0 aliphatic heterocycles. The summed E-state index contributed by atoms with van der Waals surface area (Å²) in [5.74, 6) is -1.45. The third-order valence-corrected chi connectivity index (χ3v) is 6.31. The van der Waals surface area contributed by atoms with Crippen LogP contribution in [0.3, 0.4) is 0 Å². The van der Waals surface area contributed by atoms with Crippen molar-refractivity contribution in [3.8, 4) is 11.5 Å². The number of carboxylic acid groups (broad SMARTS) is 1. The van der Waals surface area contributed by atoms with Gasteiger partial charge in [0, 0.05) is 13.0 Å². The Morgan fingerprint density at radius 1 is 0.805 bits per heavy atom. The average Bonchev–Trinajstić information content (AvgIpc) is 2.87. The minimum absolute atomic E-state index is 0.00122. The number of nitrogens with one attached hydrogen (secondary N) is 1. The first-order chi connectivity index (χ1) is 19.4. The summed E-state index contributed by atoms with van der Waals surface area (Å²) in [6, 6.07) is 3.33. The maximum absolute atomic E-state index is 12.4. The molecular formula is C30H47NO10. The summed E-state index contributed by atoms with van der Waals surface area (Å²) >= 11 is 0. The molecule has 0 aliphatic rings. The molecule has 1 aromatic rings. The highest BCUT2D eigenvalue weighted by Gasteiger charge is 2.23. The summed E-state index contributed by atoms with van der Waals surface area (Å²) in [6.07, 6.45) is 0.823. The van der Waals surface area contributed by atoms with Crippen molar-refractivity contribution < 1.29 is 48.0 Å². The lowest BCUT2D eigenvalue weighted by Crippen LogP contribution is -2.42. The predicted molar refractivity (Wildman–Crippen MR) is 152 cm³/mol. The molecule has 0 aromatic heterocycles. The van der Waals surface area contributed by atoms with E-state index in [4.69, 9.17) is 23.7 Å². The van der Waals surface area contributed by atoms with Gasteiger partial charge in [-0.2, -0.15) is 0 Å². The Morgan fingerprint density at radius 3 is 1.88 bits per heavy atom. The number of carbonyl (C=O) groups excluding carboxylic acids is 3. The lowest BCUT2D eigenvalue weighted by atomic mass is 10.0. The molecule has 0 amide bonds. The molecule has 2 N–H and O–H groups in total. The predicted octanol–water partition coefficient (Wildman–Crippen LogP) is 6.05. The van der Waals surface area contributed by atoms with Crippen molar-refractivity contribution >= 4 is 24.2 Å². The number of carboxylic acids is 1. The van der Waals surface area contributed by atoms with Gasteiger partial charge in [-0.3, -0.25) is 9.59 Å². The highest BCUT2D eigenvalue weighted by molar-refractivity contribution is 5.74. The molecule has 0 saturated carbocycles. The SMILES string of the molecule is CCCC(C)OC(=O)Oc1ccc(C[C@H](NCC(C)OC(=O)CC(C)CC)C(=O)O)cc1OC(=O)OC(C)CCC. The van der Waals surface area contributed by atoms with Crippen LogP contribution in [-0.4, -0.2) is 60.3 Å². The fourth-order valence-electron chi connectivity index (χ4n) is 3.86. The van der Waals surface area contributed by atoms with Crippen molar-refractivity contribution in [1.82, 2.24) is 5.32 Å². The molecule has 11 nitrogen and oxygen atoms in total. The van der Waals surface area contributed by atoms with E-state index in [1.165, 1.54) is 12.1 Å². The maximum Gasteiger partial charge on any atom is 0.514 e. The zero-order valence-corrected chi connectivity index (χ0v) is 25.4. The summed E-state index contributed by atoms with van der Waals surface area (Å²) in [6.45, 7) is 13.1. The number of carbonyl (C=O) groups is 4. The van der Waals surface area contributed by atoms with Gasteiger partial charge in [0.15, 0.2) is 11.5 Å². The monoisotopic (exact) mass is 581 g/mol. The molecule has 0 fully saturated rings. The Morgan fingerprint density at radius 2 is 1.37 bits per heavy atom. The van der Waals surface area contributed by atoms with E-state index < -0.39 is 30.4 Å². The van der Waals surface area contributed by atoms with Crippen LogP contribution in [0.2, 0.25) is 0 Å². The van der Waals surface area contributed by atoms with Gasteiger partial charge in [0.1, 0.15) is 24.4 Å². The zero-order chi connectivity index (χ0) is 30.9. The highest BCUT2D eigenvalue weighted by atomic mass is 16.7. The van der Waals surface area contributed by atoms with Gasteiger partial charge in [0.2, 0.25) is 0 Å². The number of benzene rings is 1. The fourth-order valence-corrected chi connectivity index (χ4v) is 3.86. The van der Waals surface area contributed by atoms with Gasteiger partial charge < -0.3 is 34.1 Å². The average molecular weight is 582 g/mol. The molecule has 1 aromatic carbocycles. The molecule has 0 saturated heterocycles. The van der Waals surface area contributed by atoms with E-state index in [1.54, 1.807) is 26.8 Å². The molecule has 0 radical (unpaired) electrons. The lowest BCUT2D eigenvalue weighted by Gasteiger charge is -2.20. The van der Waals surface area contributed by atoms with Gasteiger partial charge in [-0.15, -0.1) is 0 Å². The number of aliphatic carboxylic acids is 1. The van der Waals surface area contributed by atoms with Crippen molar-refractivity contribution in [1.29, 1.82) is 0 Å². The molecule has 0 aliphatic carbocycles. The van der Waals surface area contributed by atoms with Crippen LogP contribution in [0, 0.1) is 5.92 Å². The van der Waals surface area contributed by atoms with Crippen molar-refractivity contribution in [2.75, 3.05) is 6.54 Å². The van der Waals surface area contributed by atoms with E-state index in [-0.39, 0.29) is 48.6 Å². The van der Waals surface area contributed by atoms with Gasteiger partial charge in [0.05, 0.1) is 0 Å². The van der Waals surface area contributed by atoms with Crippen LogP contribution >= 0.6 is 0 Å². The van der Waals surface area contributed by atoms with Crippen LogP contribution in [0.15, 0.2) is 18.2 Å². The van der Waals surface area contributed by atoms with E-state index in [0.29, 0.717) is 24.8 Å². The van der Waals surface area contributed by atoms with Crippen LogP contribution < -0.4 is 14.8 Å². The van der Waals surface area contributed by atoms with Crippen LogP contribution in [0.5, 0.6) is 11.5 Å². The van der Waals surface area contributed by atoms with E-state index >= 15 is 0 Å². The summed E-state index contributed by atoms with van der Waals surface area (Å²) in [5.41, 5.74) is 0.482. The molecule has 0 bridgehead atoms. The molecule has 1 rings (SSSR count). The van der Waals surface area contributed by atoms with Crippen molar-refractivity contribution in [2.24, 2.45) is 5.92 Å². The molecule has 0 spiro atoms. The van der Waals surface area contributed by atoms with E-state index in [1.807, 2.05) is 27.7 Å². The van der Waals surface area contributed by atoms with Crippen molar-refractivity contribution in [3.05, 3.63) is 23.8 Å². The van der Waals surface area contributed by atoms with E-state index in [9.17, 15) is 24.3 Å². The lowest BCUT2D eigenvalue weighted by molar-refractivity contribution is -0.149. The first-order valence-electron chi connectivity index (χ1n) is 14.4. The number of hydrogen-bond acceptors (Lipinski definition) is 10. The Labute approximate surface area is 243 Å². The second kappa shape index (κ2) is 18.9. The number of ether oxygens (including phenoxy) is 5. The molecule has 0 heterocycles. The van der Waals surface area contributed by atoms with E-state index in [2.05, 4.69) is 5.32 Å².